The summed E-state index contributed by atoms with van der Waals surface area (Å²) in [6.45, 7) is 9.07. The van der Waals surface area contributed by atoms with Crippen LogP contribution < -0.4 is 5.73 Å². The Balaban J connectivity index is 1.95. The Morgan fingerprint density at radius 3 is 2.61 bits per heavy atom. The maximum atomic E-state index is 9.99. The number of hydrogen-bond donors (Lipinski definition) is 3. The summed E-state index contributed by atoms with van der Waals surface area (Å²) in [6, 6.07) is 3.05. The lowest BCUT2D eigenvalue weighted by atomic mass is 9.98. The summed E-state index contributed by atoms with van der Waals surface area (Å²) in [5.41, 5.74) is 7.25. The van der Waals surface area contributed by atoms with E-state index in [2.05, 4.69) is 9.89 Å². The van der Waals surface area contributed by atoms with E-state index in [0.717, 1.165) is 44.8 Å². The average molecular weight is 321 g/mol. The second kappa shape index (κ2) is 8.17. The molecule has 4 N–H and O–H groups in total. The predicted octanol–water partition coefficient (Wildman–Crippen LogP) is 1.65. The summed E-state index contributed by atoms with van der Waals surface area (Å²) < 4.78 is 5.32. The molecule has 2 rings (SSSR count). The smallest absolute Gasteiger partial charge is 0.130 e. The quantitative estimate of drug-likeness (QED) is 0.421. The lowest BCUT2D eigenvalue weighted by Crippen LogP contribution is -2.37. The van der Waals surface area contributed by atoms with Gasteiger partial charge in [0.15, 0.2) is 0 Å². The number of morpholine rings is 1. The number of benzene rings is 1. The number of nitrogens with two attached hydrogens (primary N) is 1. The third kappa shape index (κ3) is 4.84. The Bertz CT molecular complexity index is 552. The SMILES string of the molecule is CC(C)c1cc(C(N)=NCCCN2CCOCC2)c(O)cc1O. The zero-order valence-electron chi connectivity index (χ0n) is 14.0. The van der Waals surface area contributed by atoms with Crippen molar-refractivity contribution in [2.45, 2.75) is 26.2 Å². The Morgan fingerprint density at radius 1 is 1.26 bits per heavy atom. The molecule has 1 heterocycles. The number of aliphatic imine (C=N–C) groups is 1. The first-order chi connectivity index (χ1) is 11.0. The van der Waals surface area contributed by atoms with E-state index in [4.69, 9.17) is 10.5 Å². The molecule has 1 fully saturated rings. The maximum Gasteiger partial charge on any atom is 0.130 e. The van der Waals surface area contributed by atoms with Crippen LogP contribution in [0.15, 0.2) is 17.1 Å². The average Bonchev–Trinajstić information content (AvgIpc) is 2.52. The highest BCUT2D eigenvalue weighted by molar-refractivity contribution is 6.00. The van der Waals surface area contributed by atoms with Crippen LogP contribution in [-0.2, 0) is 4.74 Å². The van der Waals surface area contributed by atoms with Crippen LogP contribution in [0, 0.1) is 0 Å². The van der Waals surface area contributed by atoms with Crippen LogP contribution in [0.2, 0.25) is 0 Å². The van der Waals surface area contributed by atoms with Crippen LogP contribution in [0.4, 0.5) is 0 Å². The Kier molecular flexibility index (Phi) is 6.24. The first-order valence-corrected chi connectivity index (χ1v) is 8.15. The van der Waals surface area contributed by atoms with Gasteiger partial charge in [0.1, 0.15) is 17.3 Å². The molecule has 128 valence electrons. The molecule has 0 saturated carbocycles. The van der Waals surface area contributed by atoms with Crippen LogP contribution in [0.5, 0.6) is 11.5 Å². The predicted molar refractivity (Wildman–Crippen MR) is 91.3 cm³/mol. The standard InChI is InChI=1S/C17H27N3O3/c1-12(2)13-10-14(16(22)11-15(13)21)17(18)19-4-3-5-20-6-8-23-9-7-20/h10-12,21-22H,3-9H2,1-2H3,(H2,18,19). The zero-order valence-corrected chi connectivity index (χ0v) is 14.0. The molecule has 0 spiro atoms. The van der Waals surface area contributed by atoms with E-state index in [1.165, 1.54) is 6.07 Å². The van der Waals surface area contributed by atoms with Crippen molar-refractivity contribution in [2.75, 3.05) is 39.4 Å². The number of ether oxygens (including phenoxy) is 1. The molecule has 1 aliphatic heterocycles. The minimum atomic E-state index is -0.0404. The van der Waals surface area contributed by atoms with Crippen molar-refractivity contribution in [2.24, 2.45) is 10.7 Å². The van der Waals surface area contributed by atoms with Gasteiger partial charge in [0.25, 0.3) is 0 Å². The second-order valence-electron chi connectivity index (χ2n) is 6.16. The van der Waals surface area contributed by atoms with Gasteiger partial charge in [-0.05, 0) is 24.0 Å². The number of phenols is 2. The van der Waals surface area contributed by atoms with Crippen LogP contribution in [0.3, 0.4) is 0 Å². The molecule has 1 aromatic rings. The normalized spacial score (nSPS) is 16.9. The molecule has 0 aliphatic carbocycles. The minimum Gasteiger partial charge on any atom is -0.508 e. The van der Waals surface area contributed by atoms with Crippen molar-refractivity contribution < 1.29 is 14.9 Å². The van der Waals surface area contributed by atoms with Crippen LogP contribution in [0.1, 0.15) is 37.3 Å². The van der Waals surface area contributed by atoms with E-state index in [1.807, 2.05) is 13.8 Å². The molecule has 0 aromatic heterocycles. The fraction of sp³-hybridized carbons (Fsp3) is 0.588. The van der Waals surface area contributed by atoms with Gasteiger partial charge >= 0.3 is 0 Å². The largest absolute Gasteiger partial charge is 0.508 e. The van der Waals surface area contributed by atoms with Crippen molar-refractivity contribution in [3.8, 4) is 11.5 Å². The van der Waals surface area contributed by atoms with Gasteiger partial charge in [0.05, 0.1) is 18.8 Å². The molecule has 0 atom stereocenters. The van der Waals surface area contributed by atoms with Crippen molar-refractivity contribution in [3.63, 3.8) is 0 Å². The highest BCUT2D eigenvalue weighted by atomic mass is 16.5. The van der Waals surface area contributed by atoms with E-state index in [-0.39, 0.29) is 17.4 Å². The van der Waals surface area contributed by atoms with Gasteiger partial charge in [-0.25, -0.2) is 0 Å². The van der Waals surface area contributed by atoms with Crippen LogP contribution >= 0.6 is 0 Å². The molecule has 1 aromatic carbocycles. The van der Waals surface area contributed by atoms with Gasteiger partial charge in [-0.15, -0.1) is 0 Å². The Morgan fingerprint density at radius 2 is 1.96 bits per heavy atom. The topological polar surface area (TPSA) is 91.3 Å². The number of aromatic hydroxyl groups is 2. The molecular weight excluding hydrogens is 294 g/mol. The summed E-state index contributed by atoms with van der Waals surface area (Å²) in [7, 11) is 0. The molecule has 0 unspecified atom stereocenters. The van der Waals surface area contributed by atoms with Gasteiger partial charge in [0.2, 0.25) is 0 Å². The molecule has 6 nitrogen and oxygen atoms in total. The molecule has 0 amide bonds. The van der Waals surface area contributed by atoms with E-state index >= 15 is 0 Å². The molecule has 0 radical (unpaired) electrons. The lowest BCUT2D eigenvalue weighted by Gasteiger charge is -2.26. The van der Waals surface area contributed by atoms with Crippen LogP contribution in [-0.4, -0.2) is 60.3 Å². The van der Waals surface area contributed by atoms with Crippen LogP contribution in [0.25, 0.3) is 0 Å². The summed E-state index contributed by atoms with van der Waals surface area (Å²) in [6.07, 6.45) is 0.913. The number of rotatable bonds is 6. The van der Waals surface area contributed by atoms with Gasteiger partial charge in [0, 0.05) is 32.2 Å². The van der Waals surface area contributed by atoms with Gasteiger partial charge in [-0.2, -0.15) is 0 Å². The summed E-state index contributed by atoms with van der Waals surface area (Å²) in [4.78, 5) is 6.72. The highest BCUT2D eigenvalue weighted by Gasteiger charge is 2.14. The van der Waals surface area contributed by atoms with Gasteiger partial charge in [-0.3, -0.25) is 9.89 Å². The minimum absolute atomic E-state index is 0.0404. The summed E-state index contributed by atoms with van der Waals surface area (Å²) in [5.74, 6) is 0.498. The van der Waals surface area contributed by atoms with Crippen molar-refractivity contribution in [1.29, 1.82) is 0 Å². The second-order valence-corrected chi connectivity index (χ2v) is 6.16. The Labute approximate surface area is 137 Å². The molecule has 1 aliphatic rings. The monoisotopic (exact) mass is 321 g/mol. The first kappa shape index (κ1) is 17.6. The summed E-state index contributed by atoms with van der Waals surface area (Å²) >= 11 is 0. The molecular formula is C17H27N3O3. The Hall–Kier alpha value is -1.79. The van der Waals surface area contributed by atoms with E-state index < -0.39 is 0 Å². The van der Waals surface area contributed by atoms with E-state index in [9.17, 15) is 10.2 Å². The third-order valence-electron chi connectivity index (χ3n) is 4.06. The van der Waals surface area contributed by atoms with Gasteiger partial charge < -0.3 is 20.7 Å². The third-order valence-corrected chi connectivity index (χ3v) is 4.06. The fourth-order valence-corrected chi connectivity index (χ4v) is 2.67. The molecule has 1 saturated heterocycles. The lowest BCUT2D eigenvalue weighted by molar-refractivity contribution is 0.0377. The number of nitrogens with zero attached hydrogens (tertiary/aromatic N) is 2. The molecule has 6 heteroatoms. The highest BCUT2D eigenvalue weighted by Crippen LogP contribution is 2.32. The number of phenolic OH excluding ortho intramolecular Hbond substituents is 2. The molecule has 0 bridgehead atoms. The van der Waals surface area contributed by atoms with Crippen molar-refractivity contribution in [3.05, 3.63) is 23.3 Å². The van der Waals surface area contributed by atoms with Crippen molar-refractivity contribution in [1.82, 2.24) is 4.90 Å². The summed E-state index contributed by atoms with van der Waals surface area (Å²) in [5, 5.41) is 19.9. The van der Waals surface area contributed by atoms with Gasteiger partial charge in [-0.1, -0.05) is 13.8 Å². The number of amidine groups is 1. The maximum absolute atomic E-state index is 9.99. The number of hydrogen-bond acceptors (Lipinski definition) is 5. The molecule has 23 heavy (non-hydrogen) atoms. The fourth-order valence-electron chi connectivity index (χ4n) is 2.67. The van der Waals surface area contributed by atoms with Crippen molar-refractivity contribution >= 4 is 5.84 Å². The first-order valence-electron chi connectivity index (χ1n) is 8.15. The van der Waals surface area contributed by atoms with E-state index in [1.54, 1.807) is 6.07 Å². The van der Waals surface area contributed by atoms with E-state index in [0.29, 0.717) is 17.9 Å². The zero-order chi connectivity index (χ0) is 16.8.